The molecule has 0 saturated heterocycles. The first-order valence-corrected chi connectivity index (χ1v) is 9.17. The lowest BCUT2D eigenvalue weighted by molar-refractivity contribution is -0.142. The second-order valence-corrected chi connectivity index (χ2v) is 7.41. The van der Waals surface area contributed by atoms with E-state index in [1.54, 1.807) is 19.2 Å². The first kappa shape index (κ1) is 19.3. The number of halogens is 2. The summed E-state index contributed by atoms with van der Waals surface area (Å²) in [6, 6.07) is 2.85. The minimum absolute atomic E-state index is 0.0694. The van der Waals surface area contributed by atoms with E-state index in [9.17, 15) is 18.4 Å². The Labute approximate surface area is 151 Å². The van der Waals surface area contributed by atoms with E-state index in [0.29, 0.717) is 16.6 Å². The molecule has 2 rings (SSSR count). The minimum atomic E-state index is -0.710. The summed E-state index contributed by atoms with van der Waals surface area (Å²) in [5, 5.41) is 3.49. The van der Waals surface area contributed by atoms with Crippen molar-refractivity contribution in [1.82, 2.24) is 4.98 Å². The minimum Gasteiger partial charge on any atom is -0.466 e. The molecule has 0 radical (unpaired) electrons. The number of anilines is 1. The number of carbonyl (C=O) groups excluding carboxylic acids is 2. The van der Waals surface area contributed by atoms with Crippen LogP contribution in [0.2, 0.25) is 0 Å². The second kappa shape index (κ2) is 8.91. The van der Waals surface area contributed by atoms with E-state index in [0.717, 1.165) is 18.2 Å². The summed E-state index contributed by atoms with van der Waals surface area (Å²) >= 11 is 2.47. The van der Waals surface area contributed by atoms with E-state index < -0.39 is 22.8 Å². The van der Waals surface area contributed by atoms with Gasteiger partial charge in [0.25, 0.3) is 0 Å². The summed E-state index contributed by atoms with van der Waals surface area (Å²) in [5.41, 5.74) is 0.356. The number of thioether (sulfide) groups is 1. The Kier molecular flexibility index (Phi) is 6.89. The SMILES string of the molecule is CCOC(=O)Cc1csc(S[C@@H](C)C(=O)Nc2cc(F)ccc2F)n1. The number of thiazole rings is 1. The largest absolute Gasteiger partial charge is 0.466 e. The van der Waals surface area contributed by atoms with Crippen LogP contribution in [0.4, 0.5) is 14.5 Å². The van der Waals surface area contributed by atoms with Crippen molar-refractivity contribution in [3.8, 4) is 0 Å². The van der Waals surface area contributed by atoms with Gasteiger partial charge in [-0.05, 0) is 26.0 Å². The zero-order chi connectivity index (χ0) is 18.4. The summed E-state index contributed by atoms with van der Waals surface area (Å²) in [7, 11) is 0. The quantitative estimate of drug-likeness (QED) is 0.581. The van der Waals surface area contributed by atoms with E-state index in [1.807, 2.05) is 0 Å². The highest BCUT2D eigenvalue weighted by molar-refractivity contribution is 8.02. The molecule has 0 aliphatic heterocycles. The van der Waals surface area contributed by atoms with Gasteiger partial charge in [-0.2, -0.15) is 0 Å². The number of carbonyl (C=O) groups is 2. The van der Waals surface area contributed by atoms with Gasteiger partial charge in [-0.25, -0.2) is 13.8 Å². The van der Waals surface area contributed by atoms with Gasteiger partial charge in [-0.1, -0.05) is 11.8 Å². The van der Waals surface area contributed by atoms with Crippen LogP contribution in [0.3, 0.4) is 0 Å². The number of nitrogens with zero attached hydrogens (tertiary/aromatic N) is 1. The zero-order valence-corrected chi connectivity index (χ0v) is 15.2. The number of rotatable bonds is 7. The van der Waals surface area contributed by atoms with Gasteiger partial charge in [0.1, 0.15) is 11.6 Å². The van der Waals surface area contributed by atoms with Crippen molar-refractivity contribution in [3.05, 3.63) is 40.9 Å². The van der Waals surface area contributed by atoms with Gasteiger partial charge in [0.05, 0.1) is 29.7 Å². The molecule has 0 bridgehead atoms. The van der Waals surface area contributed by atoms with Crippen LogP contribution in [-0.2, 0) is 20.7 Å². The number of hydrogen-bond acceptors (Lipinski definition) is 6. The number of amides is 1. The van der Waals surface area contributed by atoms with Crippen LogP contribution >= 0.6 is 23.1 Å². The lowest BCUT2D eigenvalue weighted by atomic mass is 10.3. The maximum atomic E-state index is 13.6. The number of hydrogen-bond donors (Lipinski definition) is 1. The molecule has 0 unspecified atom stereocenters. The van der Waals surface area contributed by atoms with Gasteiger partial charge in [0.2, 0.25) is 5.91 Å². The molecule has 0 spiro atoms. The Hall–Kier alpha value is -2.00. The molecule has 0 fully saturated rings. The van der Waals surface area contributed by atoms with E-state index in [-0.39, 0.29) is 18.1 Å². The molecule has 1 atom stereocenters. The number of esters is 1. The lowest BCUT2D eigenvalue weighted by Crippen LogP contribution is -2.23. The molecule has 1 N–H and O–H groups in total. The Morgan fingerprint density at radius 1 is 1.40 bits per heavy atom. The number of nitrogens with one attached hydrogen (secondary N) is 1. The summed E-state index contributed by atoms with van der Waals surface area (Å²) in [4.78, 5) is 27.8. The molecular formula is C16H16F2N2O3S2. The number of benzene rings is 1. The van der Waals surface area contributed by atoms with E-state index in [1.165, 1.54) is 23.1 Å². The molecule has 5 nitrogen and oxygen atoms in total. The predicted molar refractivity (Wildman–Crippen MR) is 92.8 cm³/mol. The van der Waals surface area contributed by atoms with Crippen molar-refractivity contribution in [2.24, 2.45) is 0 Å². The third-order valence-corrected chi connectivity index (χ3v) is 5.12. The van der Waals surface area contributed by atoms with E-state index in [2.05, 4.69) is 10.3 Å². The second-order valence-electron chi connectivity index (χ2n) is 4.96. The topological polar surface area (TPSA) is 68.3 Å². The molecule has 1 heterocycles. The zero-order valence-electron chi connectivity index (χ0n) is 13.5. The Morgan fingerprint density at radius 2 is 2.16 bits per heavy atom. The van der Waals surface area contributed by atoms with E-state index in [4.69, 9.17) is 4.74 Å². The highest BCUT2D eigenvalue weighted by atomic mass is 32.2. The third kappa shape index (κ3) is 5.79. The molecule has 0 aliphatic rings. The van der Waals surface area contributed by atoms with Crippen molar-refractivity contribution < 1.29 is 23.1 Å². The average Bonchev–Trinajstić information content (AvgIpc) is 2.97. The molecule has 25 heavy (non-hydrogen) atoms. The molecule has 1 amide bonds. The summed E-state index contributed by atoms with van der Waals surface area (Å²) in [6.07, 6.45) is 0.0694. The number of ether oxygens (including phenoxy) is 1. The highest BCUT2D eigenvalue weighted by Gasteiger charge is 2.19. The van der Waals surface area contributed by atoms with Crippen molar-refractivity contribution >= 4 is 40.7 Å². The Morgan fingerprint density at radius 3 is 2.88 bits per heavy atom. The van der Waals surface area contributed by atoms with E-state index >= 15 is 0 Å². The maximum Gasteiger partial charge on any atom is 0.311 e. The molecule has 1 aromatic carbocycles. The fraction of sp³-hybridized carbons (Fsp3) is 0.312. The first-order chi connectivity index (χ1) is 11.9. The average molecular weight is 386 g/mol. The Balaban J connectivity index is 1.94. The normalized spacial score (nSPS) is 11.8. The van der Waals surface area contributed by atoms with Gasteiger partial charge < -0.3 is 10.1 Å². The summed E-state index contributed by atoms with van der Waals surface area (Å²) in [6.45, 7) is 3.66. The van der Waals surface area contributed by atoms with Crippen LogP contribution in [0, 0.1) is 11.6 Å². The fourth-order valence-corrected chi connectivity index (χ4v) is 3.80. The van der Waals surface area contributed by atoms with Gasteiger partial charge in [0.15, 0.2) is 4.34 Å². The lowest BCUT2D eigenvalue weighted by Gasteiger charge is -2.11. The number of aromatic nitrogens is 1. The molecule has 134 valence electrons. The molecule has 9 heteroatoms. The van der Waals surface area contributed by atoms with Crippen molar-refractivity contribution in [2.75, 3.05) is 11.9 Å². The Bertz CT molecular complexity index is 768. The van der Waals surface area contributed by atoms with Gasteiger partial charge in [-0.3, -0.25) is 9.59 Å². The van der Waals surface area contributed by atoms with Crippen molar-refractivity contribution in [3.63, 3.8) is 0 Å². The van der Waals surface area contributed by atoms with Gasteiger partial charge in [0, 0.05) is 11.4 Å². The van der Waals surface area contributed by atoms with Crippen LogP contribution in [-0.4, -0.2) is 28.7 Å². The van der Waals surface area contributed by atoms with Crippen LogP contribution < -0.4 is 5.32 Å². The molecule has 0 aliphatic carbocycles. The maximum absolute atomic E-state index is 13.6. The highest BCUT2D eigenvalue weighted by Crippen LogP contribution is 2.28. The fourth-order valence-electron chi connectivity index (χ4n) is 1.82. The van der Waals surface area contributed by atoms with Crippen molar-refractivity contribution in [2.45, 2.75) is 29.9 Å². The van der Waals surface area contributed by atoms with Crippen LogP contribution in [0.5, 0.6) is 0 Å². The third-order valence-electron chi connectivity index (χ3n) is 2.99. The summed E-state index contributed by atoms with van der Waals surface area (Å²) in [5.74, 6) is -2.19. The predicted octanol–water partition coefficient (Wildman–Crippen LogP) is 3.65. The standard InChI is InChI=1S/C16H16F2N2O3S2/c1-3-23-14(21)7-11-8-24-16(19-11)25-9(2)15(22)20-13-6-10(17)4-5-12(13)18/h4-6,8-9H,3,7H2,1-2H3,(H,20,22)/t9-/m0/s1. The summed E-state index contributed by atoms with van der Waals surface area (Å²) < 4.78 is 32.2. The molecule has 2 aromatic rings. The van der Waals surface area contributed by atoms with Crippen LogP contribution in [0.1, 0.15) is 19.5 Å². The van der Waals surface area contributed by atoms with Crippen LogP contribution in [0.25, 0.3) is 0 Å². The smallest absolute Gasteiger partial charge is 0.311 e. The van der Waals surface area contributed by atoms with Crippen molar-refractivity contribution in [1.29, 1.82) is 0 Å². The van der Waals surface area contributed by atoms with Gasteiger partial charge in [-0.15, -0.1) is 11.3 Å². The monoisotopic (exact) mass is 386 g/mol. The molecule has 1 aromatic heterocycles. The van der Waals surface area contributed by atoms with Gasteiger partial charge >= 0.3 is 5.97 Å². The first-order valence-electron chi connectivity index (χ1n) is 7.41. The van der Waals surface area contributed by atoms with Crippen LogP contribution in [0.15, 0.2) is 27.9 Å². The molecule has 0 saturated carbocycles. The molecular weight excluding hydrogens is 370 g/mol.